The van der Waals surface area contributed by atoms with Crippen LogP contribution in [0, 0.1) is 0 Å². The van der Waals surface area contributed by atoms with Gasteiger partial charge in [-0.1, -0.05) is 18.1 Å². The van der Waals surface area contributed by atoms with E-state index < -0.39 is 17.7 Å². The van der Waals surface area contributed by atoms with Gasteiger partial charge in [0, 0.05) is 42.1 Å². The van der Waals surface area contributed by atoms with Crippen LogP contribution >= 0.6 is 0 Å². The minimum atomic E-state index is -1.07. The lowest BCUT2D eigenvalue weighted by molar-refractivity contribution is -0.141. The fourth-order valence-electron chi connectivity index (χ4n) is 7.22. The molecule has 3 heterocycles. The predicted octanol–water partition coefficient (Wildman–Crippen LogP) is 7.08. The van der Waals surface area contributed by atoms with Gasteiger partial charge < -0.3 is 29.0 Å². The second-order valence-electron chi connectivity index (χ2n) is 13.3. The van der Waals surface area contributed by atoms with Crippen molar-refractivity contribution in [3.63, 3.8) is 0 Å². The summed E-state index contributed by atoms with van der Waals surface area (Å²) in [5.41, 5.74) is 4.56. The van der Waals surface area contributed by atoms with Gasteiger partial charge in [0.15, 0.2) is 0 Å². The summed E-state index contributed by atoms with van der Waals surface area (Å²) in [4.78, 5) is 29.7. The van der Waals surface area contributed by atoms with E-state index in [1.807, 2.05) is 30.5 Å². The minimum Gasteiger partial charge on any atom is -0.489 e. The van der Waals surface area contributed by atoms with E-state index in [0.29, 0.717) is 42.9 Å². The van der Waals surface area contributed by atoms with E-state index in [2.05, 4.69) is 11.1 Å². The number of aromatic amines is 1. The molecule has 8 heteroatoms. The maximum atomic E-state index is 13.4. The Morgan fingerprint density at radius 1 is 1.07 bits per heavy atom. The third kappa shape index (κ3) is 5.65. The fraction of sp³-hybridized carbons (Fsp3) is 0.459. The Bertz CT molecular complexity index is 1720. The summed E-state index contributed by atoms with van der Waals surface area (Å²) in [6, 6.07) is 10.00. The highest BCUT2D eigenvalue weighted by molar-refractivity contribution is 5.98. The maximum absolute atomic E-state index is 13.4. The van der Waals surface area contributed by atoms with E-state index in [-0.39, 0.29) is 30.2 Å². The molecule has 2 aromatic carbocycles. The van der Waals surface area contributed by atoms with Crippen LogP contribution in [-0.2, 0) is 20.7 Å². The Morgan fingerprint density at radius 2 is 1.89 bits per heavy atom. The van der Waals surface area contributed by atoms with Gasteiger partial charge in [-0.3, -0.25) is 4.79 Å². The molecule has 1 aromatic heterocycles. The van der Waals surface area contributed by atoms with Crippen molar-refractivity contribution in [1.29, 1.82) is 0 Å². The van der Waals surface area contributed by atoms with E-state index in [4.69, 9.17) is 18.9 Å². The van der Waals surface area contributed by atoms with Crippen molar-refractivity contribution in [3.05, 3.63) is 70.6 Å². The van der Waals surface area contributed by atoms with Crippen molar-refractivity contribution < 1.29 is 33.6 Å². The molecule has 0 bridgehead atoms. The predicted molar refractivity (Wildman–Crippen MR) is 171 cm³/mol. The number of hydrogen-bond donors (Lipinski definition) is 2. The summed E-state index contributed by atoms with van der Waals surface area (Å²) < 4.78 is 24.8. The first-order valence-electron chi connectivity index (χ1n) is 16.3. The molecule has 2 aliphatic carbocycles. The van der Waals surface area contributed by atoms with Gasteiger partial charge in [-0.05, 0) is 100 Å². The molecule has 0 saturated heterocycles. The average Bonchev–Trinajstić information content (AvgIpc) is 3.68. The number of H-pyrrole nitrogens is 1. The number of benzene rings is 2. The van der Waals surface area contributed by atoms with Gasteiger partial charge in [0.05, 0.1) is 23.9 Å². The van der Waals surface area contributed by atoms with Gasteiger partial charge in [-0.15, -0.1) is 0 Å². The Hall–Kier alpha value is -4.04. The normalized spacial score (nSPS) is 23.6. The lowest BCUT2D eigenvalue weighted by Crippen LogP contribution is -2.39. The highest BCUT2D eigenvalue weighted by atomic mass is 16.6. The van der Waals surface area contributed by atoms with Crippen LogP contribution in [0.2, 0.25) is 0 Å². The van der Waals surface area contributed by atoms with Gasteiger partial charge in [0.2, 0.25) is 5.76 Å². The maximum Gasteiger partial charge on any atom is 0.374 e. The number of carbonyl (C=O) groups is 2. The number of rotatable bonds is 6. The van der Waals surface area contributed by atoms with E-state index in [0.717, 1.165) is 64.4 Å². The molecular formula is C37H41NO7. The first kappa shape index (κ1) is 29.7. The quantitative estimate of drug-likeness (QED) is 0.287. The molecule has 2 aliphatic heterocycles. The number of ketones is 1. The second kappa shape index (κ2) is 11.7. The molecule has 2 N–H and O–H groups in total. The molecule has 2 fully saturated rings. The lowest BCUT2D eigenvalue weighted by atomic mass is 9.77. The van der Waals surface area contributed by atoms with Crippen LogP contribution in [0.5, 0.6) is 17.2 Å². The monoisotopic (exact) mass is 611 g/mol. The van der Waals surface area contributed by atoms with E-state index >= 15 is 0 Å². The topological polar surface area (TPSA) is 107 Å². The van der Waals surface area contributed by atoms with Crippen LogP contribution in [0.15, 0.2) is 53.9 Å². The fourth-order valence-corrected chi connectivity index (χ4v) is 7.22. The van der Waals surface area contributed by atoms with Crippen molar-refractivity contribution >= 4 is 28.2 Å². The molecule has 2 unspecified atom stereocenters. The van der Waals surface area contributed by atoms with Crippen molar-refractivity contribution in [2.75, 3.05) is 6.61 Å². The summed E-state index contributed by atoms with van der Waals surface area (Å²) in [5.74, 6) is 1.22. The third-order valence-electron chi connectivity index (χ3n) is 9.70. The Morgan fingerprint density at radius 3 is 2.67 bits per heavy atom. The van der Waals surface area contributed by atoms with Gasteiger partial charge in [0.1, 0.15) is 29.1 Å². The third-order valence-corrected chi connectivity index (χ3v) is 9.70. The summed E-state index contributed by atoms with van der Waals surface area (Å²) >= 11 is 0. The Balaban J connectivity index is 1.38. The number of aromatic nitrogens is 1. The molecule has 45 heavy (non-hydrogen) atoms. The molecule has 8 nitrogen and oxygen atoms in total. The number of esters is 1. The Labute approximate surface area is 263 Å². The van der Waals surface area contributed by atoms with E-state index in [9.17, 15) is 14.7 Å². The summed E-state index contributed by atoms with van der Waals surface area (Å²) in [5, 5.41) is 12.0. The summed E-state index contributed by atoms with van der Waals surface area (Å²) in [6.45, 7) is 5.48. The number of aliphatic hydroxyl groups is 1. The van der Waals surface area contributed by atoms with Crippen molar-refractivity contribution in [2.45, 2.75) is 102 Å². The summed E-state index contributed by atoms with van der Waals surface area (Å²) in [6.07, 6.45) is 10.6. The van der Waals surface area contributed by atoms with Crippen LogP contribution in [0.4, 0.5) is 0 Å². The first-order chi connectivity index (χ1) is 21.7. The van der Waals surface area contributed by atoms with Gasteiger partial charge >= 0.3 is 5.97 Å². The molecule has 2 saturated carbocycles. The largest absolute Gasteiger partial charge is 0.489 e. The number of allylic oxidation sites excluding steroid dienone is 3. The van der Waals surface area contributed by atoms with Crippen LogP contribution in [0.3, 0.4) is 0 Å². The molecular weight excluding hydrogens is 570 g/mol. The number of hydrogen-bond acceptors (Lipinski definition) is 7. The highest BCUT2D eigenvalue weighted by Crippen LogP contribution is 2.53. The van der Waals surface area contributed by atoms with Gasteiger partial charge in [-0.2, -0.15) is 0 Å². The standard InChI is InChI=1S/C37H41NO7/c1-4-42-36(40)32-18-26(22-11-13-29(39)25(17-22)21-10-12-28-23(16-21)14-15-38-28)34-31(44-32)20-30-27(19-33(45-30)37(2,3)41)35(34)43-24-8-6-5-7-9-24/h10,12,14-16,18,20,24-25,33,38,41H,4-9,11,13,17,19H2,1-3H3. The first-order valence-corrected chi connectivity index (χ1v) is 16.3. The molecule has 0 radical (unpaired) electrons. The van der Waals surface area contributed by atoms with Crippen LogP contribution in [0.1, 0.15) is 94.7 Å². The van der Waals surface area contributed by atoms with Crippen LogP contribution in [0.25, 0.3) is 16.5 Å². The van der Waals surface area contributed by atoms with Crippen molar-refractivity contribution in [1.82, 2.24) is 4.98 Å². The zero-order chi connectivity index (χ0) is 31.3. The van der Waals surface area contributed by atoms with Crippen molar-refractivity contribution in [3.8, 4) is 17.2 Å². The van der Waals surface area contributed by atoms with Gasteiger partial charge in [0.25, 0.3) is 0 Å². The number of carbonyl (C=O) groups excluding carboxylic acids is 2. The van der Waals surface area contributed by atoms with Crippen molar-refractivity contribution in [2.24, 2.45) is 0 Å². The van der Waals surface area contributed by atoms with E-state index in [1.54, 1.807) is 26.8 Å². The number of nitrogens with one attached hydrogen (secondary N) is 1. The number of ether oxygens (including phenoxy) is 4. The molecule has 236 valence electrons. The number of Topliss-reactive ketones (excluding diaryl/α,β-unsaturated/α-hetero) is 1. The van der Waals surface area contributed by atoms with Gasteiger partial charge in [-0.25, -0.2) is 4.79 Å². The zero-order valence-corrected chi connectivity index (χ0v) is 26.2. The summed E-state index contributed by atoms with van der Waals surface area (Å²) in [7, 11) is 0. The van der Waals surface area contributed by atoms with E-state index in [1.165, 1.54) is 6.42 Å². The van der Waals surface area contributed by atoms with Crippen LogP contribution in [-0.4, -0.2) is 46.3 Å². The SMILES string of the molecule is CCOC(=O)C1=CC(=C2CCC(=O)C(c3ccc4[nH]ccc4c3)C2)c2c(cc3c(c2OC2CCCCC2)CC(C(C)(C)O)O3)O1. The minimum absolute atomic E-state index is 0.0472. The molecule has 0 spiro atoms. The second-order valence-corrected chi connectivity index (χ2v) is 13.3. The molecule has 3 aromatic rings. The Kier molecular flexibility index (Phi) is 7.72. The molecule has 4 aliphatic rings. The molecule has 0 amide bonds. The highest BCUT2D eigenvalue weighted by Gasteiger charge is 2.41. The van der Waals surface area contributed by atoms with Crippen LogP contribution < -0.4 is 14.2 Å². The molecule has 7 rings (SSSR count). The lowest BCUT2D eigenvalue weighted by Gasteiger charge is -2.31. The smallest absolute Gasteiger partial charge is 0.374 e. The average molecular weight is 612 g/mol. The number of fused-ring (bicyclic) bond motifs is 3. The molecule has 2 atom stereocenters. The zero-order valence-electron chi connectivity index (χ0n) is 26.2.